The molecular weight excluding hydrogens is 214 g/mol. The largest absolute Gasteiger partial charge is 0.480 e. The molecule has 0 bridgehead atoms. The van der Waals surface area contributed by atoms with E-state index in [1.807, 2.05) is 6.92 Å². The van der Waals surface area contributed by atoms with Gasteiger partial charge in [0.1, 0.15) is 5.54 Å². The first-order valence-corrected chi connectivity index (χ1v) is 6.95. The van der Waals surface area contributed by atoms with Gasteiger partial charge in [0.05, 0.1) is 0 Å². The average molecular weight is 241 g/mol. The summed E-state index contributed by atoms with van der Waals surface area (Å²) in [5, 5.41) is 9.44. The predicted octanol–water partition coefficient (Wildman–Crippen LogP) is 3.14. The molecule has 0 spiro atoms. The van der Waals surface area contributed by atoms with Crippen molar-refractivity contribution < 1.29 is 9.90 Å². The Balaban J connectivity index is 2.77. The molecule has 0 radical (unpaired) electrons. The number of rotatable bonds is 6. The van der Waals surface area contributed by atoms with E-state index in [0.29, 0.717) is 12.0 Å². The van der Waals surface area contributed by atoms with Crippen molar-refractivity contribution >= 4 is 5.97 Å². The zero-order valence-electron chi connectivity index (χ0n) is 11.7. The van der Waals surface area contributed by atoms with Gasteiger partial charge in [0.2, 0.25) is 0 Å². The summed E-state index contributed by atoms with van der Waals surface area (Å²) in [6, 6.07) is 0.425. The van der Waals surface area contributed by atoms with Crippen LogP contribution in [0.15, 0.2) is 0 Å². The van der Waals surface area contributed by atoms with Gasteiger partial charge in [-0.05, 0) is 45.1 Å². The Morgan fingerprint density at radius 1 is 1.41 bits per heavy atom. The lowest BCUT2D eigenvalue weighted by atomic mass is 9.92. The molecule has 3 atom stereocenters. The van der Waals surface area contributed by atoms with Crippen molar-refractivity contribution in [2.45, 2.75) is 71.4 Å². The molecule has 0 aromatic heterocycles. The maximum atomic E-state index is 11.5. The second-order valence-corrected chi connectivity index (χ2v) is 5.69. The third-order valence-corrected chi connectivity index (χ3v) is 4.44. The zero-order chi connectivity index (χ0) is 13.1. The van der Waals surface area contributed by atoms with E-state index >= 15 is 0 Å². The number of likely N-dealkylation sites (tertiary alicyclic amines) is 1. The van der Waals surface area contributed by atoms with Crippen molar-refractivity contribution in [3.05, 3.63) is 0 Å². The molecule has 3 nitrogen and oxygen atoms in total. The molecule has 100 valence electrons. The van der Waals surface area contributed by atoms with Gasteiger partial charge in [-0.1, -0.05) is 27.2 Å². The summed E-state index contributed by atoms with van der Waals surface area (Å²) >= 11 is 0. The van der Waals surface area contributed by atoms with Crippen molar-refractivity contribution in [2.75, 3.05) is 6.54 Å². The van der Waals surface area contributed by atoms with Crippen LogP contribution in [0.3, 0.4) is 0 Å². The molecular formula is C14H27NO2. The minimum atomic E-state index is -0.655. The maximum Gasteiger partial charge on any atom is 0.323 e. The number of hydrogen-bond donors (Lipinski definition) is 1. The van der Waals surface area contributed by atoms with Crippen LogP contribution >= 0.6 is 0 Å². The van der Waals surface area contributed by atoms with E-state index in [1.54, 1.807) is 0 Å². The monoisotopic (exact) mass is 241 g/mol. The van der Waals surface area contributed by atoms with Gasteiger partial charge in [0.25, 0.3) is 0 Å². The van der Waals surface area contributed by atoms with Crippen LogP contribution < -0.4 is 0 Å². The Hall–Kier alpha value is -0.570. The lowest BCUT2D eigenvalue weighted by molar-refractivity contribution is -0.150. The molecule has 1 N–H and O–H groups in total. The Morgan fingerprint density at radius 3 is 2.53 bits per heavy atom. The fourth-order valence-corrected chi connectivity index (χ4v) is 2.94. The SMILES string of the molecule is CCC(C)CC(CC)N1CCCC1(C)C(=O)O. The summed E-state index contributed by atoms with van der Waals surface area (Å²) in [6.45, 7) is 9.47. The summed E-state index contributed by atoms with van der Waals surface area (Å²) in [5.41, 5.74) is -0.631. The van der Waals surface area contributed by atoms with Gasteiger partial charge in [-0.15, -0.1) is 0 Å². The number of carboxylic acid groups (broad SMARTS) is 1. The third kappa shape index (κ3) is 3.01. The first-order valence-electron chi connectivity index (χ1n) is 6.95. The summed E-state index contributed by atoms with van der Waals surface area (Å²) in [7, 11) is 0. The topological polar surface area (TPSA) is 40.5 Å². The standard InChI is InChI=1S/C14H27NO2/c1-5-11(3)10-12(6-2)15-9-7-8-14(15,4)13(16)17/h11-12H,5-10H2,1-4H3,(H,16,17). The van der Waals surface area contributed by atoms with Gasteiger partial charge in [-0.25, -0.2) is 0 Å². The normalized spacial score (nSPS) is 29.2. The molecule has 0 saturated carbocycles. The highest BCUT2D eigenvalue weighted by Crippen LogP contribution is 2.34. The number of carbonyl (C=O) groups is 1. The van der Waals surface area contributed by atoms with Gasteiger partial charge < -0.3 is 5.11 Å². The van der Waals surface area contributed by atoms with Crippen LogP contribution in [-0.4, -0.2) is 34.1 Å². The molecule has 1 saturated heterocycles. The molecule has 1 aliphatic rings. The molecule has 1 fully saturated rings. The van der Waals surface area contributed by atoms with Gasteiger partial charge in [0.15, 0.2) is 0 Å². The molecule has 17 heavy (non-hydrogen) atoms. The van der Waals surface area contributed by atoms with Crippen molar-refractivity contribution in [1.29, 1.82) is 0 Å². The molecule has 3 heteroatoms. The summed E-state index contributed by atoms with van der Waals surface area (Å²) in [4.78, 5) is 13.7. The van der Waals surface area contributed by atoms with E-state index in [-0.39, 0.29) is 0 Å². The summed E-state index contributed by atoms with van der Waals surface area (Å²) < 4.78 is 0. The molecule has 0 aromatic carbocycles. The van der Waals surface area contributed by atoms with E-state index in [4.69, 9.17) is 0 Å². The lowest BCUT2D eigenvalue weighted by Gasteiger charge is -2.38. The number of aliphatic carboxylic acids is 1. The molecule has 0 aromatic rings. The lowest BCUT2D eigenvalue weighted by Crippen LogP contribution is -2.52. The van der Waals surface area contributed by atoms with Crippen molar-refractivity contribution in [3.63, 3.8) is 0 Å². The Morgan fingerprint density at radius 2 is 2.06 bits per heavy atom. The zero-order valence-corrected chi connectivity index (χ0v) is 11.7. The van der Waals surface area contributed by atoms with Crippen molar-refractivity contribution in [2.24, 2.45) is 5.92 Å². The fraction of sp³-hybridized carbons (Fsp3) is 0.929. The van der Waals surface area contributed by atoms with Gasteiger partial charge in [0, 0.05) is 6.04 Å². The molecule has 0 aliphatic carbocycles. The Labute approximate surface area is 105 Å². The van der Waals surface area contributed by atoms with Crippen LogP contribution in [-0.2, 0) is 4.79 Å². The van der Waals surface area contributed by atoms with E-state index in [0.717, 1.165) is 32.2 Å². The summed E-state index contributed by atoms with van der Waals surface area (Å²) in [5.74, 6) is 0.0243. The third-order valence-electron chi connectivity index (χ3n) is 4.44. The first kappa shape index (κ1) is 14.5. The molecule has 3 unspecified atom stereocenters. The number of nitrogens with zero attached hydrogens (tertiary/aromatic N) is 1. The highest BCUT2D eigenvalue weighted by atomic mass is 16.4. The van der Waals surface area contributed by atoms with Crippen LogP contribution in [0.5, 0.6) is 0 Å². The van der Waals surface area contributed by atoms with Crippen LogP contribution in [0.2, 0.25) is 0 Å². The van der Waals surface area contributed by atoms with Crippen LogP contribution in [0, 0.1) is 5.92 Å². The van der Waals surface area contributed by atoms with Gasteiger partial charge in [-0.3, -0.25) is 9.69 Å². The van der Waals surface area contributed by atoms with E-state index in [9.17, 15) is 9.90 Å². The Bertz CT molecular complexity index is 267. The number of hydrogen-bond acceptors (Lipinski definition) is 2. The Kier molecular flexibility index (Phi) is 4.99. The molecule has 1 aliphatic heterocycles. The van der Waals surface area contributed by atoms with E-state index < -0.39 is 11.5 Å². The van der Waals surface area contributed by atoms with Gasteiger partial charge >= 0.3 is 5.97 Å². The number of carboxylic acids is 1. The minimum absolute atomic E-state index is 0.425. The van der Waals surface area contributed by atoms with Crippen LogP contribution in [0.25, 0.3) is 0 Å². The highest BCUT2D eigenvalue weighted by Gasteiger charge is 2.45. The van der Waals surface area contributed by atoms with Crippen molar-refractivity contribution in [1.82, 2.24) is 4.90 Å². The minimum Gasteiger partial charge on any atom is -0.480 e. The highest BCUT2D eigenvalue weighted by molar-refractivity contribution is 5.78. The maximum absolute atomic E-state index is 11.5. The van der Waals surface area contributed by atoms with Crippen molar-refractivity contribution in [3.8, 4) is 0 Å². The molecule has 1 heterocycles. The second-order valence-electron chi connectivity index (χ2n) is 5.69. The predicted molar refractivity (Wildman–Crippen MR) is 70.1 cm³/mol. The quantitative estimate of drug-likeness (QED) is 0.776. The van der Waals surface area contributed by atoms with E-state index in [2.05, 4.69) is 25.7 Å². The average Bonchev–Trinajstić information content (AvgIpc) is 2.69. The second kappa shape index (κ2) is 5.85. The molecule has 0 amide bonds. The summed E-state index contributed by atoms with van der Waals surface area (Å²) in [6.07, 6.45) is 5.15. The van der Waals surface area contributed by atoms with Gasteiger partial charge in [-0.2, -0.15) is 0 Å². The molecule has 1 rings (SSSR count). The first-order chi connectivity index (χ1) is 7.95. The fourth-order valence-electron chi connectivity index (χ4n) is 2.94. The van der Waals surface area contributed by atoms with Crippen LogP contribution in [0.4, 0.5) is 0 Å². The van der Waals surface area contributed by atoms with Crippen LogP contribution in [0.1, 0.15) is 59.8 Å². The smallest absolute Gasteiger partial charge is 0.323 e. The van der Waals surface area contributed by atoms with E-state index in [1.165, 1.54) is 6.42 Å².